The van der Waals surface area contributed by atoms with E-state index in [2.05, 4.69) is 0 Å². The van der Waals surface area contributed by atoms with Crippen LogP contribution in [0.1, 0.15) is 36.5 Å². The summed E-state index contributed by atoms with van der Waals surface area (Å²) in [5.41, 5.74) is -0.396. The van der Waals surface area contributed by atoms with Crippen molar-refractivity contribution < 1.29 is 36.9 Å². The number of ether oxygens (including phenoxy) is 1. The molecule has 2 aliphatic rings. The van der Waals surface area contributed by atoms with E-state index in [1.54, 1.807) is 36.7 Å². The Morgan fingerprint density at radius 1 is 1.12 bits per heavy atom. The van der Waals surface area contributed by atoms with Crippen molar-refractivity contribution in [3.05, 3.63) is 75.3 Å². The van der Waals surface area contributed by atoms with E-state index in [0.717, 1.165) is 36.2 Å². The smallest absolute Gasteiger partial charge is 0.462 e. The molecule has 0 saturated heterocycles. The lowest BCUT2D eigenvalue weighted by molar-refractivity contribution is -0.348. The van der Waals surface area contributed by atoms with E-state index in [1.807, 2.05) is 0 Å². The Balaban J connectivity index is 1.64. The molecule has 0 bridgehead atoms. The lowest BCUT2D eigenvalue weighted by Crippen LogP contribution is -2.45. The molecule has 0 spiro atoms. The zero-order chi connectivity index (χ0) is 28.9. The van der Waals surface area contributed by atoms with Gasteiger partial charge in [0.15, 0.2) is 5.57 Å². The number of fused-ring (bicyclic) bond motifs is 1. The summed E-state index contributed by atoms with van der Waals surface area (Å²) in [6.45, 7) is 3.31. The number of aryl methyl sites for hydroxylation is 1. The van der Waals surface area contributed by atoms with Gasteiger partial charge >= 0.3 is 29.8 Å². The third-order valence-corrected chi connectivity index (χ3v) is 7.11. The second-order valence-electron chi connectivity index (χ2n) is 9.81. The normalized spacial score (nSPS) is 17.1. The van der Waals surface area contributed by atoms with E-state index in [9.17, 15) is 32.3 Å². The highest BCUT2D eigenvalue weighted by Crippen LogP contribution is 2.34. The predicted molar refractivity (Wildman–Crippen MR) is 139 cm³/mol. The molecule has 12 heteroatoms. The fourth-order valence-electron chi connectivity index (χ4n) is 4.74. The molecule has 1 aromatic heterocycles. The molecule has 3 aromatic rings. The Hall–Kier alpha value is -4.48. The fraction of sp³-hybridized carbons (Fsp3) is 0.321. The molecule has 0 unspecified atom stereocenters. The van der Waals surface area contributed by atoms with Crippen LogP contribution < -0.4 is 10.6 Å². The van der Waals surface area contributed by atoms with Crippen molar-refractivity contribution >= 4 is 40.8 Å². The van der Waals surface area contributed by atoms with Crippen molar-refractivity contribution in [2.45, 2.75) is 39.4 Å². The Bertz CT molecular complexity index is 1690. The maximum Gasteiger partial charge on any atom is 0.510 e. The van der Waals surface area contributed by atoms with Crippen LogP contribution in [0.3, 0.4) is 0 Å². The highest BCUT2D eigenvalue weighted by atomic mass is 19.4. The second-order valence-corrected chi connectivity index (χ2v) is 9.81. The molecule has 1 fully saturated rings. The molecule has 0 radical (unpaired) electrons. The van der Waals surface area contributed by atoms with Gasteiger partial charge in [-0.15, -0.1) is 4.58 Å². The molecule has 3 amide bonds. The fourth-order valence-corrected chi connectivity index (χ4v) is 4.74. The Kier molecular flexibility index (Phi) is 6.72. The van der Waals surface area contributed by atoms with Gasteiger partial charge in [-0.05, 0) is 56.4 Å². The van der Waals surface area contributed by atoms with E-state index in [4.69, 9.17) is 4.74 Å². The van der Waals surface area contributed by atoms with Crippen LogP contribution in [0.5, 0.6) is 0 Å². The van der Waals surface area contributed by atoms with Crippen molar-refractivity contribution in [1.82, 2.24) is 9.13 Å². The SMILES string of the molecule is CCOC(=O)C1=CN(c2ccc3c(c2)n(C)c(=O)n3CC2CC2)C(=O)/[N+](=C/c2cccc(C(F)(F)F)c2C)C1=O. The van der Waals surface area contributed by atoms with Crippen LogP contribution in [0.2, 0.25) is 0 Å². The first-order valence-electron chi connectivity index (χ1n) is 12.7. The number of hydrogen-bond donors (Lipinski definition) is 0. The molecule has 5 rings (SSSR count). The highest BCUT2D eigenvalue weighted by molar-refractivity contribution is 6.20. The Morgan fingerprint density at radius 2 is 1.85 bits per heavy atom. The Labute approximate surface area is 226 Å². The van der Waals surface area contributed by atoms with Gasteiger partial charge in [-0.1, -0.05) is 12.1 Å². The summed E-state index contributed by atoms with van der Waals surface area (Å²) in [4.78, 5) is 53.5. The number of hydrogen-bond acceptors (Lipinski definition) is 5. The first-order valence-corrected chi connectivity index (χ1v) is 12.7. The molecule has 9 nitrogen and oxygen atoms in total. The maximum absolute atomic E-state index is 13.6. The first-order chi connectivity index (χ1) is 18.9. The van der Waals surface area contributed by atoms with Gasteiger partial charge in [-0.25, -0.2) is 14.4 Å². The number of benzene rings is 2. The monoisotopic (exact) mass is 555 g/mol. The molecule has 0 atom stereocenters. The number of anilines is 1. The minimum absolute atomic E-state index is 0.0309. The number of carbonyl (C=O) groups is 3. The number of alkyl halides is 3. The van der Waals surface area contributed by atoms with Crippen LogP contribution in [0, 0.1) is 12.8 Å². The molecule has 0 N–H and O–H groups in total. The van der Waals surface area contributed by atoms with Crippen LogP contribution in [0.15, 0.2) is 53.0 Å². The van der Waals surface area contributed by atoms with E-state index < -0.39 is 35.2 Å². The van der Waals surface area contributed by atoms with Crippen molar-refractivity contribution in [1.29, 1.82) is 0 Å². The maximum atomic E-state index is 13.6. The van der Waals surface area contributed by atoms with Crippen LogP contribution >= 0.6 is 0 Å². The van der Waals surface area contributed by atoms with E-state index >= 15 is 0 Å². The number of carbonyl (C=O) groups excluding carboxylic acids is 3. The Morgan fingerprint density at radius 3 is 2.50 bits per heavy atom. The molecular weight excluding hydrogens is 529 g/mol. The van der Waals surface area contributed by atoms with Gasteiger partial charge in [0.2, 0.25) is 0 Å². The quantitative estimate of drug-likeness (QED) is 0.259. The average molecular weight is 556 g/mol. The third-order valence-electron chi connectivity index (χ3n) is 7.11. The number of halogens is 3. The molecule has 1 aliphatic carbocycles. The van der Waals surface area contributed by atoms with Crippen molar-refractivity contribution in [3.63, 3.8) is 0 Å². The zero-order valence-corrected chi connectivity index (χ0v) is 22.0. The lowest BCUT2D eigenvalue weighted by Gasteiger charge is -2.19. The van der Waals surface area contributed by atoms with Gasteiger partial charge in [-0.3, -0.25) is 9.13 Å². The van der Waals surface area contributed by atoms with Crippen LogP contribution in [0.4, 0.5) is 23.7 Å². The van der Waals surface area contributed by atoms with Gasteiger partial charge in [-0.2, -0.15) is 22.9 Å². The standard InChI is InChI=1S/C28H26F3N4O5/c1-4-40-25(37)20-15-33(19-10-11-22-23(12-19)32(3)26(38)34(22)13-17-8-9-17)27(39)35(24(20)36)14-18-6-5-7-21(16(18)2)28(29,30)31/h5-7,10-12,14-15,17H,4,8-9,13H2,1-3H3/q+1/b35-14+. The third kappa shape index (κ3) is 4.74. The van der Waals surface area contributed by atoms with E-state index in [0.29, 0.717) is 28.1 Å². The van der Waals surface area contributed by atoms with Crippen molar-refractivity contribution in [2.24, 2.45) is 13.0 Å². The largest absolute Gasteiger partial charge is 0.510 e. The van der Waals surface area contributed by atoms with Crippen molar-refractivity contribution in [3.8, 4) is 0 Å². The van der Waals surface area contributed by atoms with Gasteiger partial charge in [0.25, 0.3) is 0 Å². The van der Waals surface area contributed by atoms with Crippen molar-refractivity contribution in [2.75, 3.05) is 11.5 Å². The summed E-state index contributed by atoms with van der Waals surface area (Å²) in [7, 11) is 1.61. The highest BCUT2D eigenvalue weighted by Gasteiger charge is 2.43. The zero-order valence-electron chi connectivity index (χ0n) is 22.0. The molecular formula is C28H26F3N4O5+. The van der Waals surface area contributed by atoms with Crippen LogP contribution in [-0.2, 0) is 34.1 Å². The molecule has 1 aliphatic heterocycles. The second kappa shape index (κ2) is 9.92. The number of esters is 1. The first kappa shape index (κ1) is 27.1. The van der Waals surface area contributed by atoms with Gasteiger partial charge in [0.1, 0.15) is 18.1 Å². The minimum Gasteiger partial charge on any atom is -0.462 e. The summed E-state index contributed by atoms with van der Waals surface area (Å²) in [5, 5.41) is 0. The molecule has 208 valence electrons. The summed E-state index contributed by atoms with van der Waals surface area (Å²) in [5.74, 6) is -1.59. The number of rotatable bonds is 6. The average Bonchev–Trinajstić information content (AvgIpc) is 3.69. The van der Waals surface area contributed by atoms with Crippen LogP contribution in [-0.4, -0.2) is 44.4 Å². The minimum atomic E-state index is -4.65. The predicted octanol–water partition coefficient (Wildman–Crippen LogP) is 4.12. The van der Waals surface area contributed by atoms with Gasteiger partial charge < -0.3 is 4.74 Å². The summed E-state index contributed by atoms with van der Waals surface area (Å²) >= 11 is 0. The number of nitrogens with zero attached hydrogens (tertiary/aromatic N) is 4. The molecule has 40 heavy (non-hydrogen) atoms. The van der Waals surface area contributed by atoms with E-state index in [-0.39, 0.29) is 29.1 Å². The summed E-state index contributed by atoms with van der Waals surface area (Å²) < 4.78 is 49.2. The van der Waals surface area contributed by atoms with E-state index in [1.165, 1.54) is 23.6 Å². The van der Waals surface area contributed by atoms with Gasteiger partial charge in [0.05, 0.1) is 23.2 Å². The number of imidazole rings is 1. The lowest BCUT2D eigenvalue weighted by atomic mass is 10.0. The summed E-state index contributed by atoms with van der Waals surface area (Å²) in [6, 6.07) is 7.32. The molecule has 2 heterocycles. The van der Waals surface area contributed by atoms with Gasteiger partial charge in [0, 0.05) is 25.2 Å². The number of aromatic nitrogens is 2. The molecule has 1 saturated carbocycles. The number of amides is 3. The van der Waals surface area contributed by atoms with Crippen LogP contribution in [0.25, 0.3) is 11.0 Å². The topological polar surface area (TPSA) is 93.6 Å². The number of imide groups is 1. The summed E-state index contributed by atoms with van der Waals surface area (Å²) in [6.07, 6.45) is -0.513. The molecule has 2 aromatic carbocycles. The number of urea groups is 1.